The van der Waals surface area contributed by atoms with Gasteiger partial charge in [-0.15, -0.1) is 4.39 Å². The average molecular weight is 312 g/mol. The average Bonchev–Trinajstić information content (AvgIpc) is 2.48. The Morgan fingerprint density at radius 2 is 1.38 bits per heavy atom. The molecule has 2 aliphatic heterocycles. The van der Waals surface area contributed by atoms with E-state index in [4.69, 9.17) is 9.90 Å². The van der Waals surface area contributed by atoms with E-state index in [9.17, 15) is 17.6 Å². The van der Waals surface area contributed by atoms with Crippen LogP contribution in [0.2, 0.25) is 0 Å². The quantitative estimate of drug-likeness (QED) is 0.293. The Bertz CT molecular complexity index is 369. The molecule has 0 aromatic heterocycles. The summed E-state index contributed by atoms with van der Waals surface area (Å²) in [5, 5.41) is 8.78. The van der Waals surface area contributed by atoms with Gasteiger partial charge in [-0.3, -0.25) is 0 Å². The van der Waals surface area contributed by atoms with Crippen molar-refractivity contribution in [3.63, 3.8) is 0 Å². The van der Waals surface area contributed by atoms with Crippen molar-refractivity contribution in [2.24, 2.45) is 0 Å². The molecular weight excluding hydrogens is 292 g/mol. The Balaban J connectivity index is 0.000000270. The highest BCUT2D eigenvalue weighted by molar-refractivity contribution is 5.70. The standard InChI is InChI=1S/C11H20FN2.C2HF3O2/c12-11(13-7-3-1-4-8-13)14-9-5-2-6-10-14;3-2(4,5)1(6)7/h1-10H2;(H,6,7)/q+1;/p-1. The minimum atomic E-state index is -5.19. The van der Waals surface area contributed by atoms with E-state index in [1.165, 1.54) is 12.8 Å². The van der Waals surface area contributed by atoms with Crippen LogP contribution in [0.1, 0.15) is 38.5 Å². The third-order valence-electron chi connectivity index (χ3n) is 3.47. The Morgan fingerprint density at radius 3 is 1.81 bits per heavy atom. The Hall–Kier alpha value is -1.34. The maximum absolute atomic E-state index is 13.9. The molecule has 0 aromatic carbocycles. The molecule has 0 spiro atoms. The van der Waals surface area contributed by atoms with Gasteiger partial charge in [0.2, 0.25) is 0 Å². The molecule has 122 valence electrons. The number of carboxylic acid groups (broad SMARTS) is 1. The molecule has 21 heavy (non-hydrogen) atoms. The van der Waals surface area contributed by atoms with Gasteiger partial charge in [0.05, 0.1) is 26.2 Å². The van der Waals surface area contributed by atoms with Gasteiger partial charge in [-0.1, -0.05) is 0 Å². The second-order valence-electron chi connectivity index (χ2n) is 5.15. The fourth-order valence-electron chi connectivity index (χ4n) is 2.36. The van der Waals surface area contributed by atoms with E-state index in [1.54, 1.807) is 0 Å². The predicted octanol–water partition coefficient (Wildman–Crippen LogP) is 1.29. The van der Waals surface area contributed by atoms with Crippen LogP contribution < -0.4 is 5.11 Å². The van der Waals surface area contributed by atoms with Crippen molar-refractivity contribution in [1.82, 2.24) is 4.90 Å². The lowest BCUT2D eigenvalue weighted by atomic mass is 10.1. The van der Waals surface area contributed by atoms with Crippen molar-refractivity contribution < 1.29 is 32.0 Å². The molecule has 0 saturated carbocycles. The van der Waals surface area contributed by atoms with E-state index in [0.717, 1.165) is 51.9 Å². The van der Waals surface area contributed by atoms with Crippen molar-refractivity contribution in [2.45, 2.75) is 44.7 Å². The summed E-state index contributed by atoms with van der Waals surface area (Å²) >= 11 is 0. The second kappa shape index (κ2) is 8.19. The lowest BCUT2D eigenvalue weighted by Crippen LogP contribution is -2.40. The number of rotatable bonds is 0. The number of likely N-dealkylation sites (tertiary alicyclic amines) is 1. The number of carboxylic acids is 1. The normalized spacial score (nSPS) is 19.6. The van der Waals surface area contributed by atoms with Gasteiger partial charge in [-0.25, -0.2) is 9.48 Å². The molecule has 4 nitrogen and oxygen atoms in total. The molecule has 2 aliphatic rings. The molecule has 0 unspecified atom stereocenters. The first-order valence-corrected chi connectivity index (χ1v) is 7.13. The zero-order chi connectivity index (χ0) is 15.9. The Morgan fingerprint density at radius 1 is 0.952 bits per heavy atom. The van der Waals surface area contributed by atoms with E-state index in [1.807, 2.05) is 9.48 Å². The van der Waals surface area contributed by atoms with Crippen LogP contribution >= 0.6 is 0 Å². The van der Waals surface area contributed by atoms with Gasteiger partial charge in [-0.2, -0.15) is 13.2 Å². The highest BCUT2D eigenvalue weighted by Gasteiger charge is 2.29. The first-order valence-electron chi connectivity index (χ1n) is 7.13. The molecule has 0 atom stereocenters. The summed E-state index contributed by atoms with van der Waals surface area (Å²) < 4.78 is 47.4. The van der Waals surface area contributed by atoms with Crippen LogP contribution in [0.15, 0.2) is 0 Å². The van der Waals surface area contributed by atoms with Crippen LogP contribution in [-0.4, -0.2) is 53.9 Å². The monoisotopic (exact) mass is 312 g/mol. The summed E-state index contributed by atoms with van der Waals surface area (Å²) in [4.78, 5) is 10.7. The molecule has 0 aliphatic carbocycles. The summed E-state index contributed by atoms with van der Waals surface area (Å²) in [6, 6.07) is 0. The minimum absolute atomic E-state index is 0.0457. The van der Waals surface area contributed by atoms with E-state index >= 15 is 0 Å². The Kier molecular flexibility index (Phi) is 6.91. The van der Waals surface area contributed by atoms with Crippen LogP contribution in [0.3, 0.4) is 0 Å². The third kappa shape index (κ3) is 6.31. The van der Waals surface area contributed by atoms with Crippen LogP contribution in [-0.2, 0) is 4.79 Å². The molecule has 8 heteroatoms. The SMILES string of the molecule is FC(N1CCCCC1)=[N+]1CCCCC1.O=C([O-])C(F)(F)F. The highest BCUT2D eigenvalue weighted by Crippen LogP contribution is 2.12. The number of aliphatic carboxylic acids is 1. The van der Waals surface area contributed by atoms with Gasteiger partial charge in [0, 0.05) is 0 Å². The molecule has 2 fully saturated rings. The van der Waals surface area contributed by atoms with E-state index in [-0.39, 0.29) is 6.09 Å². The van der Waals surface area contributed by atoms with Gasteiger partial charge >= 0.3 is 12.3 Å². The number of nitrogens with zero attached hydrogens (tertiary/aromatic N) is 2. The van der Waals surface area contributed by atoms with Crippen LogP contribution in [0.25, 0.3) is 0 Å². The summed E-state index contributed by atoms with van der Waals surface area (Å²) in [6.45, 7) is 3.68. The fourth-order valence-corrected chi connectivity index (χ4v) is 2.36. The lowest BCUT2D eigenvalue weighted by Gasteiger charge is -2.22. The zero-order valence-electron chi connectivity index (χ0n) is 11.8. The number of amidine groups is 1. The van der Waals surface area contributed by atoms with Gasteiger partial charge in [0.1, 0.15) is 5.97 Å². The van der Waals surface area contributed by atoms with Crippen LogP contribution in [0.4, 0.5) is 17.6 Å². The maximum atomic E-state index is 13.9. The largest absolute Gasteiger partial charge is 0.542 e. The lowest BCUT2D eigenvalue weighted by molar-refractivity contribution is -0.547. The summed E-state index contributed by atoms with van der Waals surface area (Å²) in [7, 11) is 0. The smallest absolute Gasteiger partial charge is 0.435 e. The van der Waals surface area contributed by atoms with E-state index < -0.39 is 12.1 Å². The summed E-state index contributed by atoms with van der Waals surface area (Å²) in [6.07, 6.45) is 2.00. The first-order chi connectivity index (χ1) is 9.82. The molecular formula is C13H20F4N2O2. The maximum Gasteiger partial charge on any atom is 0.435 e. The second-order valence-corrected chi connectivity index (χ2v) is 5.15. The third-order valence-corrected chi connectivity index (χ3v) is 3.47. The van der Waals surface area contributed by atoms with Crippen molar-refractivity contribution in [1.29, 1.82) is 0 Å². The molecule has 2 heterocycles. The van der Waals surface area contributed by atoms with E-state index in [0.29, 0.717) is 0 Å². The summed E-state index contributed by atoms with van der Waals surface area (Å²) in [5.41, 5.74) is 0. The molecule has 0 N–H and O–H groups in total. The molecule has 0 amide bonds. The number of hydrogen-bond donors (Lipinski definition) is 0. The van der Waals surface area contributed by atoms with Crippen molar-refractivity contribution in [3.8, 4) is 0 Å². The highest BCUT2D eigenvalue weighted by atomic mass is 19.4. The zero-order valence-corrected chi connectivity index (χ0v) is 11.8. The number of hydrogen-bond acceptors (Lipinski definition) is 2. The number of carbonyl (C=O) groups is 1. The van der Waals surface area contributed by atoms with Crippen LogP contribution in [0, 0.1) is 0 Å². The first kappa shape index (κ1) is 17.7. The number of halogens is 4. The van der Waals surface area contributed by atoms with Crippen molar-refractivity contribution in [3.05, 3.63) is 0 Å². The number of carbonyl (C=O) groups excluding carboxylic acids is 1. The number of alkyl halides is 3. The fraction of sp³-hybridized carbons (Fsp3) is 0.846. The number of piperidine rings is 2. The minimum Gasteiger partial charge on any atom is -0.542 e. The molecule has 0 radical (unpaired) electrons. The van der Waals surface area contributed by atoms with Crippen molar-refractivity contribution in [2.75, 3.05) is 26.2 Å². The van der Waals surface area contributed by atoms with Gasteiger partial charge < -0.3 is 9.90 Å². The molecule has 0 aromatic rings. The van der Waals surface area contributed by atoms with Crippen LogP contribution in [0.5, 0.6) is 0 Å². The topological polar surface area (TPSA) is 46.4 Å². The predicted molar refractivity (Wildman–Crippen MR) is 66.4 cm³/mol. The van der Waals surface area contributed by atoms with Gasteiger partial charge in [0.25, 0.3) is 0 Å². The molecule has 2 saturated heterocycles. The van der Waals surface area contributed by atoms with Gasteiger partial charge in [-0.05, 0) is 38.5 Å². The van der Waals surface area contributed by atoms with Gasteiger partial charge in [0.15, 0.2) is 0 Å². The van der Waals surface area contributed by atoms with Crippen molar-refractivity contribution >= 4 is 12.1 Å². The van der Waals surface area contributed by atoms with E-state index in [2.05, 4.69) is 0 Å². The molecule has 2 rings (SSSR count). The summed E-state index contributed by atoms with van der Waals surface area (Å²) in [5.74, 6) is -3.01. The Labute approximate surface area is 121 Å². The molecule has 0 bridgehead atoms.